The van der Waals surface area contributed by atoms with Crippen LogP contribution in [0.25, 0.3) is 6.08 Å². The Morgan fingerprint density at radius 2 is 1.90 bits per heavy atom. The monoisotopic (exact) mass is 564 g/mol. The van der Waals surface area contributed by atoms with Gasteiger partial charge in [-0.15, -0.1) is 0 Å². The van der Waals surface area contributed by atoms with Gasteiger partial charge in [0.15, 0.2) is 16.3 Å². The molecule has 40 heavy (non-hydrogen) atoms. The zero-order chi connectivity index (χ0) is 28.8. The summed E-state index contributed by atoms with van der Waals surface area (Å²) in [5, 5.41) is 10.1. The fraction of sp³-hybridized carbons (Fsp3) is 0.387. The summed E-state index contributed by atoms with van der Waals surface area (Å²) in [6, 6.07) is 11.7. The second-order valence-electron chi connectivity index (χ2n) is 10.0. The van der Waals surface area contributed by atoms with Crippen LogP contribution in [0.15, 0.2) is 63.5 Å². The number of phenolic OH excluding ortho intramolecular Hbond substituents is 1. The summed E-state index contributed by atoms with van der Waals surface area (Å²) in [5.74, 6) is 0.775. The van der Waals surface area contributed by atoms with Gasteiger partial charge in [0.2, 0.25) is 0 Å². The van der Waals surface area contributed by atoms with Crippen LogP contribution in [0.2, 0.25) is 0 Å². The van der Waals surface area contributed by atoms with Gasteiger partial charge in [-0.25, -0.2) is 9.79 Å². The second kappa shape index (κ2) is 13.0. The Morgan fingerprint density at radius 3 is 2.58 bits per heavy atom. The van der Waals surface area contributed by atoms with E-state index in [-0.39, 0.29) is 23.8 Å². The molecule has 0 spiro atoms. The number of carbonyl (C=O) groups excluding carboxylic acids is 1. The first-order chi connectivity index (χ1) is 19.2. The molecule has 2 aromatic carbocycles. The third kappa shape index (κ3) is 6.47. The fourth-order valence-corrected chi connectivity index (χ4v) is 5.39. The highest BCUT2D eigenvalue weighted by Crippen LogP contribution is 2.32. The van der Waals surface area contributed by atoms with Crippen LogP contribution in [0, 0.1) is 5.92 Å². The summed E-state index contributed by atoms with van der Waals surface area (Å²) in [6.07, 6.45) is 3.74. The summed E-state index contributed by atoms with van der Waals surface area (Å²) < 4.78 is 19.0. The largest absolute Gasteiger partial charge is 0.504 e. The molecule has 3 aromatic rings. The molecule has 0 bridgehead atoms. The Kier molecular flexibility index (Phi) is 9.47. The van der Waals surface area contributed by atoms with E-state index in [0.29, 0.717) is 45.1 Å². The number of phenols is 1. The maximum atomic E-state index is 13.9. The first kappa shape index (κ1) is 29.1. The Bertz CT molecular complexity index is 1570. The Balaban J connectivity index is 1.82. The topological polar surface area (TPSA) is 99.4 Å². The first-order valence-electron chi connectivity index (χ1n) is 13.6. The molecular formula is C31H36N2O6S. The fourth-order valence-electron chi connectivity index (χ4n) is 4.34. The van der Waals surface area contributed by atoms with Crippen LogP contribution in [0.5, 0.6) is 17.2 Å². The number of aromatic nitrogens is 1. The molecule has 0 radical (unpaired) electrons. The van der Waals surface area contributed by atoms with Gasteiger partial charge in [0.25, 0.3) is 5.56 Å². The molecule has 2 heterocycles. The summed E-state index contributed by atoms with van der Waals surface area (Å²) in [6.45, 7) is 10.9. The van der Waals surface area contributed by atoms with Gasteiger partial charge in [0.1, 0.15) is 5.75 Å². The van der Waals surface area contributed by atoms with Gasteiger partial charge >= 0.3 is 5.97 Å². The van der Waals surface area contributed by atoms with Gasteiger partial charge in [0.05, 0.1) is 41.7 Å². The molecule has 0 aliphatic carbocycles. The lowest BCUT2D eigenvalue weighted by Gasteiger charge is -2.25. The van der Waals surface area contributed by atoms with Crippen LogP contribution in [0.4, 0.5) is 0 Å². The normalized spacial score (nSPS) is 15.2. The molecule has 9 heteroatoms. The van der Waals surface area contributed by atoms with Crippen molar-refractivity contribution in [2.45, 2.75) is 53.5 Å². The number of fused-ring (bicyclic) bond motifs is 1. The van der Waals surface area contributed by atoms with Crippen molar-refractivity contribution in [3.05, 3.63) is 84.5 Å². The highest BCUT2D eigenvalue weighted by molar-refractivity contribution is 7.07. The zero-order valence-electron chi connectivity index (χ0n) is 23.6. The predicted molar refractivity (Wildman–Crippen MR) is 156 cm³/mol. The Hall–Kier alpha value is -3.85. The highest BCUT2D eigenvalue weighted by atomic mass is 32.1. The molecule has 1 N–H and O–H groups in total. The van der Waals surface area contributed by atoms with Crippen molar-refractivity contribution in [2.75, 3.05) is 19.8 Å². The number of hydrogen-bond acceptors (Lipinski definition) is 8. The first-order valence-corrected chi connectivity index (χ1v) is 14.4. The standard InChI is InChI=1S/C31H36N2O6S/c1-6-8-15-38-23-12-10-22(11-13-23)28-27(30(36)39-18-19(3)4)20(5)32-31-33(28)29(35)26(40-31)17-21-9-14-24(34)25(16-21)37-7-2/h9-14,16-17,19,28,34H,6-8,15,18H2,1-5H3/b26-17-. The number of thiazole rings is 1. The molecule has 8 nitrogen and oxygen atoms in total. The van der Waals surface area contributed by atoms with E-state index in [2.05, 4.69) is 11.9 Å². The van der Waals surface area contributed by atoms with Gasteiger partial charge in [-0.05, 0) is 67.7 Å². The average molecular weight is 565 g/mol. The van der Waals surface area contributed by atoms with Gasteiger partial charge in [0, 0.05) is 0 Å². The Morgan fingerprint density at radius 1 is 1.15 bits per heavy atom. The smallest absolute Gasteiger partial charge is 0.338 e. The van der Waals surface area contributed by atoms with Crippen LogP contribution in [-0.2, 0) is 9.53 Å². The van der Waals surface area contributed by atoms with Crippen molar-refractivity contribution in [1.29, 1.82) is 0 Å². The highest BCUT2D eigenvalue weighted by Gasteiger charge is 2.33. The lowest BCUT2D eigenvalue weighted by atomic mass is 9.96. The van der Waals surface area contributed by atoms with E-state index < -0.39 is 12.0 Å². The van der Waals surface area contributed by atoms with Crippen LogP contribution in [-0.4, -0.2) is 35.5 Å². The van der Waals surface area contributed by atoms with E-state index >= 15 is 0 Å². The lowest BCUT2D eigenvalue weighted by Crippen LogP contribution is -2.40. The number of benzene rings is 2. The quantitative estimate of drug-likeness (QED) is 0.267. The minimum absolute atomic E-state index is 0.0303. The van der Waals surface area contributed by atoms with Crippen molar-refractivity contribution < 1.29 is 24.1 Å². The minimum atomic E-state index is -0.707. The van der Waals surface area contributed by atoms with E-state index in [1.54, 1.807) is 29.7 Å². The lowest BCUT2D eigenvalue weighted by molar-refractivity contribution is -0.140. The van der Waals surface area contributed by atoms with Crippen molar-refractivity contribution in [3.63, 3.8) is 0 Å². The van der Waals surface area contributed by atoms with Crippen molar-refractivity contribution in [2.24, 2.45) is 10.9 Å². The van der Waals surface area contributed by atoms with E-state index in [1.807, 2.05) is 45.0 Å². The molecule has 0 amide bonds. The number of ether oxygens (including phenoxy) is 3. The van der Waals surface area contributed by atoms with Crippen LogP contribution in [0.1, 0.15) is 64.6 Å². The van der Waals surface area contributed by atoms with E-state index in [9.17, 15) is 14.7 Å². The summed E-state index contributed by atoms with van der Waals surface area (Å²) >= 11 is 1.25. The predicted octanol–water partition coefficient (Wildman–Crippen LogP) is 4.72. The van der Waals surface area contributed by atoms with Crippen molar-refractivity contribution in [1.82, 2.24) is 4.57 Å². The van der Waals surface area contributed by atoms with E-state index in [1.165, 1.54) is 17.4 Å². The molecule has 212 valence electrons. The molecule has 0 fully saturated rings. The Labute approximate surface area is 237 Å². The van der Waals surface area contributed by atoms with E-state index in [0.717, 1.165) is 24.2 Å². The minimum Gasteiger partial charge on any atom is -0.504 e. The number of esters is 1. The number of aromatic hydroxyl groups is 1. The van der Waals surface area contributed by atoms with Crippen LogP contribution in [0.3, 0.4) is 0 Å². The number of hydrogen-bond donors (Lipinski definition) is 1. The molecule has 1 aliphatic heterocycles. The SMILES string of the molecule is CCCCOc1ccc(C2C(C(=O)OCC(C)C)=C(C)N=c3s/c(=C\c4ccc(O)c(OCC)c4)c(=O)n32)cc1. The van der Waals surface area contributed by atoms with Crippen LogP contribution >= 0.6 is 11.3 Å². The van der Waals surface area contributed by atoms with Gasteiger partial charge < -0.3 is 19.3 Å². The summed E-state index contributed by atoms with van der Waals surface area (Å²) in [7, 11) is 0. The third-order valence-electron chi connectivity index (χ3n) is 6.33. The number of rotatable bonds is 11. The molecular weight excluding hydrogens is 528 g/mol. The van der Waals surface area contributed by atoms with Crippen molar-refractivity contribution >= 4 is 23.4 Å². The van der Waals surface area contributed by atoms with Crippen molar-refractivity contribution in [3.8, 4) is 17.2 Å². The average Bonchev–Trinajstić information content (AvgIpc) is 3.23. The number of carbonyl (C=O) groups is 1. The maximum Gasteiger partial charge on any atom is 0.338 e. The van der Waals surface area contributed by atoms with Gasteiger partial charge in [-0.1, -0.05) is 56.7 Å². The molecule has 1 aliphatic rings. The molecule has 0 saturated heterocycles. The second-order valence-corrected chi connectivity index (χ2v) is 11.0. The third-order valence-corrected chi connectivity index (χ3v) is 7.32. The maximum absolute atomic E-state index is 13.9. The summed E-state index contributed by atoms with van der Waals surface area (Å²) in [4.78, 5) is 32.4. The molecule has 1 aromatic heterocycles. The molecule has 1 unspecified atom stereocenters. The number of nitrogens with zero attached hydrogens (tertiary/aromatic N) is 2. The van der Waals surface area contributed by atoms with E-state index in [4.69, 9.17) is 14.2 Å². The van der Waals surface area contributed by atoms with Crippen LogP contribution < -0.4 is 24.4 Å². The molecule has 1 atom stereocenters. The number of unbranched alkanes of at least 4 members (excludes halogenated alkanes) is 1. The molecule has 4 rings (SSSR count). The molecule has 0 saturated carbocycles. The summed E-state index contributed by atoms with van der Waals surface area (Å²) in [5.41, 5.74) is 2.03. The van der Waals surface area contributed by atoms with Gasteiger partial charge in [-0.2, -0.15) is 0 Å². The van der Waals surface area contributed by atoms with Gasteiger partial charge in [-0.3, -0.25) is 9.36 Å². The number of allylic oxidation sites excluding steroid dienone is 1. The zero-order valence-corrected chi connectivity index (χ0v) is 24.4.